The molecule has 6 nitrogen and oxygen atoms in total. The summed E-state index contributed by atoms with van der Waals surface area (Å²) in [4.78, 5) is 19.1. The molecule has 0 atom stereocenters. The van der Waals surface area contributed by atoms with E-state index in [-0.39, 0.29) is 5.78 Å². The molecule has 0 aliphatic heterocycles. The van der Waals surface area contributed by atoms with Crippen molar-refractivity contribution in [3.8, 4) is 5.69 Å². The Morgan fingerprint density at radius 1 is 1.20 bits per heavy atom. The van der Waals surface area contributed by atoms with E-state index in [1.807, 2.05) is 13.1 Å². The van der Waals surface area contributed by atoms with Crippen molar-refractivity contribution in [3.05, 3.63) is 30.1 Å². The van der Waals surface area contributed by atoms with Crippen LogP contribution < -0.4 is 0 Å². The molecule has 106 valence electrons. The Labute approximate surface area is 118 Å². The molecule has 0 unspecified atom stereocenters. The molecular weight excluding hydrogens is 254 g/mol. The third kappa shape index (κ3) is 4.22. The maximum atomic E-state index is 10.8. The molecule has 0 saturated heterocycles. The van der Waals surface area contributed by atoms with Crippen LogP contribution in [0.3, 0.4) is 0 Å². The van der Waals surface area contributed by atoms with Gasteiger partial charge in [-0.15, -0.1) is 5.10 Å². The zero-order chi connectivity index (χ0) is 14.4. The minimum Gasteiger partial charge on any atom is -0.300 e. The molecule has 2 heterocycles. The van der Waals surface area contributed by atoms with Gasteiger partial charge in [0, 0.05) is 6.42 Å². The highest BCUT2D eigenvalue weighted by Gasteiger charge is 2.04. The molecule has 2 aromatic heterocycles. The first-order valence-corrected chi connectivity index (χ1v) is 6.85. The number of rotatable bonds is 7. The molecule has 0 spiro atoms. The van der Waals surface area contributed by atoms with Crippen LogP contribution in [0.25, 0.3) is 5.69 Å². The van der Waals surface area contributed by atoms with Crippen LogP contribution in [0.15, 0.2) is 18.6 Å². The van der Waals surface area contributed by atoms with E-state index in [1.54, 1.807) is 24.0 Å². The van der Waals surface area contributed by atoms with E-state index in [4.69, 9.17) is 0 Å². The van der Waals surface area contributed by atoms with E-state index < -0.39 is 0 Å². The summed E-state index contributed by atoms with van der Waals surface area (Å²) in [7, 11) is 0. The second kappa shape index (κ2) is 6.88. The normalized spacial score (nSPS) is 10.7. The highest BCUT2D eigenvalue weighted by molar-refractivity contribution is 5.75. The predicted octanol–water partition coefficient (Wildman–Crippen LogP) is 2.06. The summed E-state index contributed by atoms with van der Waals surface area (Å²) >= 11 is 0. The van der Waals surface area contributed by atoms with Crippen LogP contribution >= 0.6 is 0 Å². The number of unbranched alkanes of at least 4 members (excludes halogenated alkanes) is 2. The Bertz CT molecular complexity index is 561. The van der Waals surface area contributed by atoms with E-state index >= 15 is 0 Å². The van der Waals surface area contributed by atoms with Crippen LogP contribution in [0, 0.1) is 6.92 Å². The van der Waals surface area contributed by atoms with E-state index in [0.717, 1.165) is 42.9 Å². The van der Waals surface area contributed by atoms with Gasteiger partial charge in [0.05, 0.1) is 24.3 Å². The number of ketones is 1. The molecular formula is C14H19N5O. The lowest BCUT2D eigenvalue weighted by Crippen LogP contribution is -1.98. The molecule has 0 fully saturated rings. The van der Waals surface area contributed by atoms with Gasteiger partial charge in [0.1, 0.15) is 17.3 Å². The molecule has 2 aromatic rings. The third-order valence-electron chi connectivity index (χ3n) is 3.03. The summed E-state index contributed by atoms with van der Waals surface area (Å²) < 4.78 is 1.68. The smallest absolute Gasteiger partial charge is 0.129 e. The number of hydrogen-bond donors (Lipinski definition) is 0. The van der Waals surface area contributed by atoms with Gasteiger partial charge in [0.15, 0.2) is 0 Å². The van der Waals surface area contributed by atoms with Gasteiger partial charge in [0.2, 0.25) is 0 Å². The first-order chi connectivity index (χ1) is 9.65. The van der Waals surface area contributed by atoms with E-state index in [1.165, 1.54) is 0 Å². The van der Waals surface area contributed by atoms with Crippen molar-refractivity contribution in [2.75, 3.05) is 0 Å². The van der Waals surface area contributed by atoms with Crippen LogP contribution in [-0.4, -0.2) is 30.7 Å². The first-order valence-electron chi connectivity index (χ1n) is 6.85. The van der Waals surface area contributed by atoms with Crippen LogP contribution in [0.2, 0.25) is 0 Å². The zero-order valence-corrected chi connectivity index (χ0v) is 11.9. The second-order valence-corrected chi connectivity index (χ2v) is 4.91. The standard InChI is InChI=1S/C14H19N5O/c1-11(20)6-4-3-5-7-13-10-19(18-17-13)14-8-15-12(2)16-9-14/h8-10H,3-7H2,1-2H3. The fourth-order valence-electron chi connectivity index (χ4n) is 1.90. The zero-order valence-electron chi connectivity index (χ0n) is 11.9. The fourth-order valence-corrected chi connectivity index (χ4v) is 1.90. The Morgan fingerprint density at radius 3 is 2.65 bits per heavy atom. The molecule has 0 aliphatic rings. The summed E-state index contributed by atoms with van der Waals surface area (Å²) in [6, 6.07) is 0. The van der Waals surface area contributed by atoms with Gasteiger partial charge in [-0.1, -0.05) is 11.6 Å². The van der Waals surface area contributed by atoms with E-state index in [2.05, 4.69) is 20.3 Å². The lowest BCUT2D eigenvalue weighted by atomic mass is 10.1. The van der Waals surface area contributed by atoms with Gasteiger partial charge < -0.3 is 4.79 Å². The Morgan fingerprint density at radius 2 is 1.95 bits per heavy atom. The van der Waals surface area contributed by atoms with Gasteiger partial charge in [0.25, 0.3) is 0 Å². The summed E-state index contributed by atoms with van der Waals surface area (Å²) in [5, 5.41) is 8.21. The Kier molecular flexibility index (Phi) is 4.92. The molecule has 0 saturated carbocycles. The molecule has 0 aliphatic carbocycles. The van der Waals surface area contributed by atoms with Crippen LogP contribution in [0.1, 0.15) is 44.1 Å². The predicted molar refractivity (Wildman–Crippen MR) is 74.5 cm³/mol. The summed E-state index contributed by atoms with van der Waals surface area (Å²) in [6.07, 6.45) is 9.93. The van der Waals surface area contributed by atoms with E-state index in [0.29, 0.717) is 6.42 Å². The molecule has 0 amide bonds. The maximum absolute atomic E-state index is 10.8. The number of nitrogens with zero attached hydrogens (tertiary/aromatic N) is 5. The first kappa shape index (κ1) is 14.3. The quantitative estimate of drug-likeness (QED) is 0.722. The average Bonchev–Trinajstić information content (AvgIpc) is 2.87. The van der Waals surface area contributed by atoms with Gasteiger partial charge in [-0.25, -0.2) is 14.6 Å². The van der Waals surface area contributed by atoms with Gasteiger partial charge in [-0.05, 0) is 33.1 Å². The van der Waals surface area contributed by atoms with Crippen LogP contribution in [0.5, 0.6) is 0 Å². The Balaban J connectivity index is 1.83. The SMILES string of the molecule is CC(=O)CCCCCc1cn(-c2cnc(C)nc2)nn1. The fraction of sp³-hybridized carbons (Fsp3) is 0.500. The topological polar surface area (TPSA) is 73.6 Å². The van der Waals surface area contributed by atoms with Crippen molar-refractivity contribution in [1.82, 2.24) is 25.0 Å². The van der Waals surface area contributed by atoms with Crippen molar-refractivity contribution >= 4 is 5.78 Å². The number of aromatic nitrogens is 5. The number of hydrogen-bond acceptors (Lipinski definition) is 5. The average molecular weight is 273 g/mol. The number of carbonyl (C=O) groups is 1. The highest BCUT2D eigenvalue weighted by atomic mass is 16.1. The minimum absolute atomic E-state index is 0.260. The maximum Gasteiger partial charge on any atom is 0.129 e. The minimum atomic E-state index is 0.260. The van der Waals surface area contributed by atoms with Gasteiger partial charge in [-0.3, -0.25) is 0 Å². The molecule has 20 heavy (non-hydrogen) atoms. The van der Waals surface area contributed by atoms with Crippen molar-refractivity contribution in [2.45, 2.75) is 46.0 Å². The number of Topliss-reactive ketones (excluding diaryl/α,β-unsaturated/α-hetero) is 1. The lowest BCUT2D eigenvalue weighted by molar-refractivity contribution is -0.117. The van der Waals surface area contributed by atoms with E-state index in [9.17, 15) is 4.79 Å². The van der Waals surface area contributed by atoms with Crippen molar-refractivity contribution in [1.29, 1.82) is 0 Å². The van der Waals surface area contributed by atoms with Crippen molar-refractivity contribution in [3.63, 3.8) is 0 Å². The molecule has 0 N–H and O–H groups in total. The molecule has 0 radical (unpaired) electrons. The molecule has 2 rings (SSSR count). The largest absolute Gasteiger partial charge is 0.300 e. The second-order valence-electron chi connectivity index (χ2n) is 4.91. The third-order valence-corrected chi connectivity index (χ3v) is 3.03. The van der Waals surface area contributed by atoms with Crippen LogP contribution in [-0.2, 0) is 11.2 Å². The van der Waals surface area contributed by atoms with Gasteiger partial charge >= 0.3 is 0 Å². The summed E-state index contributed by atoms with van der Waals surface area (Å²) in [5.74, 6) is 0.995. The molecule has 0 aromatic carbocycles. The molecule has 6 heteroatoms. The summed E-state index contributed by atoms with van der Waals surface area (Å²) in [5.41, 5.74) is 1.76. The highest BCUT2D eigenvalue weighted by Crippen LogP contribution is 2.08. The number of aryl methyl sites for hydroxylation is 2. The van der Waals surface area contributed by atoms with Gasteiger partial charge in [-0.2, -0.15) is 0 Å². The summed E-state index contributed by atoms with van der Waals surface area (Å²) in [6.45, 7) is 3.48. The molecule has 0 bridgehead atoms. The Hall–Kier alpha value is -2.11. The van der Waals surface area contributed by atoms with Crippen molar-refractivity contribution in [2.24, 2.45) is 0 Å². The lowest BCUT2D eigenvalue weighted by Gasteiger charge is -1.98. The number of carbonyl (C=O) groups excluding carboxylic acids is 1. The van der Waals surface area contributed by atoms with Crippen molar-refractivity contribution < 1.29 is 4.79 Å². The monoisotopic (exact) mass is 273 g/mol. The van der Waals surface area contributed by atoms with Crippen LogP contribution in [0.4, 0.5) is 0 Å².